The van der Waals surface area contributed by atoms with Gasteiger partial charge in [-0.25, -0.2) is 19.2 Å². The Morgan fingerprint density at radius 1 is 0.410 bits per heavy atom. The molecule has 78 heavy (non-hydrogen) atoms. The number of rotatable bonds is 52. The number of ether oxygens (including phenoxy) is 3. The summed E-state index contributed by atoms with van der Waals surface area (Å²) in [7, 11) is 1.34. The van der Waals surface area contributed by atoms with Gasteiger partial charge in [0, 0.05) is 74.6 Å². The van der Waals surface area contributed by atoms with Crippen molar-refractivity contribution in [3.63, 3.8) is 0 Å². The van der Waals surface area contributed by atoms with E-state index in [0.29, 0.717) is 42.9 Å². The third kappa shape index (κ3) is 63.0. The predicted octanol–water partition coefficient (Wildman–Crippen LogP) is 14.3. The summed E-state index contributed by atoms with van der Waals surface area (Å²) in [5.41, 5.74) is 0. The summed E-state index contributed by atoms with van der Waals surface area (Å²) in [5, 5.41) is 22.8. The van der Waals surface area contributed by atoms with Crippen molar-refractivity contribution < 1.29 is 62.8 Å². The number of aliphatic carboxylic acids is 2. The van der Waals surface area contributed by atoms with Gasteiger partial charge in [0.25, 0.3) is 0 Å². The fourth-order valence-corrected chi connectivity index (χ4v) is 9.37. The number of ketones is 1. The second-order valence-corrected chi connectivity index (χ2v) is 21.8. The summed E-state index contributed by atoms with van der Waals surface area (Å²) >= 11 is 2.69. The number of amides is 2. The number of hydrogen-bond acceptors (Lipinski definition) is 13. The number of carbonyl (C=O) groups is 8. The Morgan fingerprint density at radius 3 is 0.949 bits per heavy atom. The fourth-order valence-electron chi connectivity index (χ4n) is 8.14. The average molecular weight is 1140 g/mol. The molecule has 0 saturated heterocycles. The Kier molecular flexibility index (Phi) is 62.6. The zero-order valence-corrected chi connectivity index (χ0v) is 51.3. The smallest absolute Gasteiger partial charge is 0.331 e. The van der Waals surface area contributed by atoms with Crippen LogP contribution in [0.1, 0.15) is 258 Å². The topological polar surface area (TPSA) is 229 Å². The molecule has 0 aromatic rings. The van der Waals surface area contributed by atoms with E-state index in [9.17, 15) is 38.4 Å². The first-order valence-corrected chi connectivity index (χ1v) is 32.8. The van der Waals surface area contributed by atoms with E-state index in [4.69, 9.17) is 19.7 Å². The fraction of sp³-hybridized carbons (Fsp3) is 0.803. The predicted molar refractivity (Wildman–Crippen MR) is 321 cm³/mol. The lowest BCUT2D eigenvalue weighted by Gasteiger charge is -2.25. The molecule has 2 unspecified atom stereocenters. The van der Waals surface area contributed by atoms with Crippen molar-refractivity contribution >= 4 is 71.0 Å². The van der Waals surface area contributed by atoms with Crippen molar-refractivity contribution in [3.8, 4) is 0 Å². The number of methoxy groups -OCH3 is 1. The largest absolute Gasteiger partial charge is 0.478 e. The van der Waals surface area contributed by atoms with E-state index in [2.05, 4.69) is 29.2 Å². The number of carboxylic acid groups (broad SMARTS) is 2. The van der Waals surface area contributed by atoms with Crippen molar-refractivity contribution in [1.29, 1.82) is 0 Å². The maximum Gasteiger partial charge on any atom is 0.331 e. The summed E-state index contributed by atoms with van der Waals surface area (Å²) in [4.78, 5) is 89.2. The van der Waals surface area contributed by atoms with Crippen LogP contribution in [0.2, 0.25) is 0 Å². The van der Waals surface area contributed by atoms with E-state index in [0.717, 1.165) is 38.1 Å². The van der Waals surface area contributed by atoms with Crippen LogP contribution in [0, 0.1) is 0 Å². The van der Waals surface area contributed by atoms with Crippen molar-refractivity contribution in [2.24, 2.45) is 0 Å². The lowest BCUT2D eigenvalue weighted by Crippen LogP contribution is -2.38. The minimum absolute atomic E-state index is 0.0257. The molecule has 0 aliphatic heterocycles. The van der Waals surface area contributed by atoms with Crippen LogP contribution in [-0.4, -0.2) is 114 Å². The number of esters is 3. The van der Waals surface area contributed by atoms with E-state index in [1.165, 1.54) is 223 Å². The number of carbonyl (C=O) groups excluding carboxylic acids is 6. The number of carboxylic acids is 2. The molecule has 0 saturated carbocycles. The molecular formula is C61H110N2O13S2. The van der Waals surface area contributed by atoms with E-state index in [-0.39, 0.29) is 36.4 Å². The Bertz CT molecular complexity index is 1450. The van der Waals surface area contributed by atoms with Gasteiger partial charge in [0.15, 0.2) is 0 Å². The standard InChI is InChI=1S/C24H47NO2.C23H45NO3.C14H18O8S2/c1-3-5-6-7-8-9-10-11-12-13-14-15-16-17-18-19-22-25-24(27)21-20-23(26)4-2;1-3-4-5-6-7-8-9-10-11-12-13-14-15-16-17-18-21-24-22(25)19-20-23(26)27-2;1-23-7-9(21-13(19)5-3-11(15)16)10(8-24-2)22-14(20)6-4-12(17)18/h3-22H2,1-2H3,(H,25,27);3-21H2,1-2H3,(H,24,25);3-6,9-10H,7-8H2,1-2H3,(H,15,16)(H,17,18)/b;;5-3-,6-4-. The van der Waals surface area contributed by atoms with Gasteiger partial charge in [-0.2, -0.15) is 23.5 Å². The van der Waals surface area contributed by atoms with Gasteiger partial charge >= 0.3 is 29.8 Å². The first kappa shape index (κ1) is 78.4. The maximum absolute atomic E-state index is 11.6. The van der Waals surface area contributed by atoms with Gasteiger partial charge in [-0.15, -0.1) is 0 Å². The van der Waals surface area contributed by atoms with Crippen molar-refractivity contribution in [3.05, 3.63) is 24.3 Å². The lowest BCUT2D eigenvalue weighted by atomic mass is 10.0. The SMILES string of the molecule is CCCCCCCCCCCCCCCCCCNC(=O)CCC(=O)CC.CCCCCCCCCCCCCCCCCCNC(=O)CCC(=O)OC.CSCC(OC(=O)/C=C\C(=O)O)C(CSC)OC(=O)/C=C\C(=O)O. The third-order valence-corrected chi connectivity index (χ3v) is 14.2. The Labute approximate surface area is 481 Å². The molecule has 0 aliphatic carbocycles. The van der Waals surface area contributed by atoms with Gasteiger partial charge < -0.3 is 35.1 Å². The lowest BCUT2D eigenvalue weighted by molar-refractivity contribution is -0.158. The first-order chi connectivity index (χ1) is 37.7. The van der Waals surface area contributed by atoms with Gasteiger partial charge in [-0.1, -0.05) is 213 Å². The van der Waals surface area contributed by atoms with Crippen molar-refractivity contribution in [2.75, 3.05) is 44.2 Å². The molecule has 0 fully saturated rings. The highest BCUT2D eigenvalue weighted by molar-refractivity contribution is 7.99. The Hall–Kier alpha value is -3.86. The molecule has 15 nitrogen and oxygen atoms in total. The molecule has 0 heterocycles. The molecule has 0 aliphatic rings. The molecule has 0 bridgehead atoms. The average Bonchev–Trinajstić information content (AvgIpc) is 3.42. The van der Waals surface area contributed by atoms with Gasteiger partial charge in [-0.3, -0.25) is 19.2 Å². The Balaban J connectivity index is -0.00000108. The van der Waals surface area contributed by atoms with Crippen LogP contribution in [0.3, 0.4) is 0 Å². The number of Topliss-reactive ketones (excluding diaryl/α,β-unsaturated/α-hetero) is 1. The second-order valence-electron chi connectivity index (χ2n) is 20.0. The van der Waals surface area contributed by atoms with Gasteiger partial charge in [0.1, 0.15) is 18.0 Å². The third-order valence-electron chi connectivity index (χ3n) is 12.8. The highest BCUT2D eigenvalue weighted by Gasteiger charge is 2.27. The summed E-state index contributed by atoms with van der Waals surface area (Å²) in [6, 6.07) is 0. The minimum Gasteiger partial charge on any atom is -0.478 e. The first-order valence-electron chi connectivity index (χ1n) is 30.0. The molecule has 0 radical (unpaired) electrons. The number of unbranched alkanes of at least 4 members (excludes halogenated alkanes) is 30. The Morgan fingerprint density at radius 2 is 0.692 bits per heavy atom. The number of hydrogen-bond donors (Lipinski definition) is 4. The van der Waals surface area contributed by atoms with Gasteiger partial charge in [-0.05, 0) is 25.4 Å². The normalized spacial score (nSPS) is 11.7. The quantitative estimate of drug-likeness (QED) is 0.0192. The molecule has 0 spiro atoms. The molecular weight excluding hydrogens is 1030 g/mol. The highest BCUT2D eigenvalue weighted by atomic mass is 32.2. The monoisotopic (exact) mass is 1140 g/mol. The van der Waals surface area contributed by atoms with E-state index < -0.39 is 36.1 Å². The minimum atomic E-state index is -1.29. The van der Waals surface area contributed by atoms with Crippen LogP contribution in [0.5, 0.6) is 0 Å². The summed E-state index contributed by atoms with van der Waals surface area (Å²) in [6.07, 6.45) is 49.9. The van der Waals surface area contributed by atoms with E-state index >= 15 is 0 Å². The van der Waals surface area contributed by atoms with E-state index in [1.54, 1.807) is 12.5 Å². The number of thioether (sulfide) groups is 2. The highest BCUT2D eigenvalue weighted by Crippen LogP contribution is 2.17. The molecule has 0 aromatic heterocycles. The molecule has 17 heteroatoms. The summed E-state index contributed by atoms with van der Waals surface area (Å²) in [6.45, 7) is 7.88. The molecule has 0 aromatic carbocycles. The summed E-state index contributed by atoms with van der Waals surface area (Å²) in [5.74, 6) is -3.89. The van der Waals surface area contributed by atoms with Crippen LogP contribution in [0.15, 0.2) is 24.3 Å². The number of nitrogens with one attached hydrogen (secondary N) is 2. The van der Waals surface area contributed by atoms with Crippen molar-refractivity contribution in [1.82, 2.24) is 10.6 Å². The van der Waals surface area contributed by atoms with Gasteiger partial charge in [0.05, 0.1) is 13.5 Å². The molecule has 2 atom stereocenters. The van der Waals surface area contributed by atoms with Crippen LogP contribution in [-0.2, 0) is 52.6 Å². The van der Waals surface area contributed by atoms with Crippen molar-refractivity contribution in [2.45, 2.75) is 271 Å². The second kappa shape index (κ2) is 62.3. The zero-order chi connectivity index (χ0) is 58.5. The molecule has 4 N–H and O–H groups in total. The van der Waals surface area contributed by atoms with Crippen LogP contribution >= 0.6 is 23.5 Å². The zero-order valence-electron chi connectivity index (χ0n) is 49.7. The molecule has 454 valence electrons. The van der Waals surface area contributed by atoms with Crippen LogP contribution < -0.4 is 10.6 Å². The van der Waals surface area contributed by atoms with Crippen LogP contribution in [0.25, 0.3) is 0 Å². The maximum atomic E-state index is 11.6. The van der Waals surface area contributed by atoms with E-state index in [1.807, 2.05) is 6.92 Å². The van der Waals surface area contributed by atoms with Crippen LogP contribution in [0.4, 0.5) is 0 Å². The molecule has 2 amide bonds. The molecule has 0 rings (SSSR count). The summed E-state index contributed by atoms with van der Waals surface area (Å²) < 4.78 is 14.8. The van der Waals surface area contributed by atoms with Gasteiger partial charge in [0.2, 0.25) is 11.8 Å².